The smallest absolute Gasteiger partial charge is 0.0547 e. The van der Waals surface area contributed by atoms with Crippen LogP contribution in [0.5, 0.6) is 0 Å². The fraction of sp³-hybridized carbons (Fsp3) is 0.0909. The van der Waals surface area contributed by atoms with Gasteiger partial charge in [0.05, 0.1) is 11.4 Å². The van der Waals surface area contributed by atoms with Gasteiger partial charge in [-0.3, -0.25) is 0 Å². The maximum atomic E-state index is 2.58. The van der Waals surface area contributed by atoms with Crippen LogP contribution in [0, 0.1) is 34.6 Å². The predicted molar refractivity (Wildman–Crippen MR) is 241 cm³/mol. The van der Waals surface area contributed by atoms with E-state index in [-0.39, 0.29) is 0 Å². The number of nitrogens with zero attached hydrogens (tertiary/aromatic N) is 1. The van der Waals surface area contributed by atoms with Crippen LogP contribution >= 0.6 is 0 Å². The Balaban J connectivity index is 1.25. The summed E-state index contributed by atoms with van der Waals surface area (Å²) in [5, 5.41) is 13.0. The van der Waals surface area contributed by atoms with Crippen molar-refractivity contribution in [3.8, 4) is 44.5 Å². The number of benzene rings is 10. The molecule has 0 atom stereocenters. The molecule has 12 rings (SSSR count). The number of anilines is 3. The quantitative estimate of drug-likeness (QED) is 0.165. The lowest BCUT2D eigenvalue weighted by Gasteiger charge is -2.32. The molecule has 0 aromatic heterocycles. The summed E-state index contributed by atoms with van der Waals surface area (Å²) in [5.41, 5.74) is 20.6. The van der Waals surface area contributed by atoms with E-state index < -0.39 is 0 Å². The molecule has 56 heavy (non-hydrogen) atoms. The SMILES string of the molecule is Cc1ccc(N(c2c(C)cc(C)cc2C)c2cc3c4cc5c(cc4ccc3c3cc4c(cc23)-c2cccc3cccc-4c23)-c2cccc3cccc-5c23)c(C)c1. The number of rotatable bonds is 3. The van der Waals surface area contributed by atoms with Crippen molar-refractivity contribution in [1.82, 2.24) is 0 Å². The molecule has 2 aliphatic rings. The van der Waals surface area contributed by atoms with Crippen molar-refractivity contribution in [2.45, 2.75) is 34.6 Å². The molecule has 1 heteroatoms. The van der Waals surface area contributed by atoms with E-state index in [1.165, 1.54) is 143 Å². The standard InChI is InChI=1S/C55H39N/c1-30-18-21-51(32(3)22-30)56(55-33(4)23-31(2)24-34(55)5)52-29-49-38(45-27-47-41-16-8-12-36-13-9-17-42(54(36)41)48(47)28-50(45)52)20-19-37-25-44-39-14-6-10-35-11-7-15-40(53(35)39)46(44)26-43(37)49/h6-29H,1-5H3. The minimum Gasteiger partial charge on any atom is -0.309 e. The molecule has 0 radical (unpaired) electrons. The number of fused-ring (bicyclic) bond motifs is 11. The second-order valence-electron chi connectivity index (χ2n) is 16.4. The van der Waals surface area contributed by atoms with Crippen molar-refractivity contribution in [3.63, 3.8) is 0 Å². The maximum absolute atomic E-state index is 2.58. The van der Waals surface area contributed by atoms with E-state index in [1.54, 1.807) is 0 Å². The first-order valence-electron chi connectivity index (χ1n) is 19.8. The van der Waals surface area contributed by atoms with Crippen molar-refractivity contribution in [2.24, 2.45) is 0 Å². The first kappa shape index (κ1) is 31.6. The van der Waals surface area contributed by atoms with Gasteiger partial charge < -0.3 is 4.90 Å². The highest BCUT2D eigenvalue weighted by atomic mass is 15.2. The van der Waals surface area contributed by atoms with Crippen molar-refractivity contribution >= 4 is 70.9 Å². The normalized spacial score (nSPS) is 12.4. The zero-order chi connectivity index (χ0) is 37.6. The van der Waals surface area contributed by atoms with Crippen LogP contribution in [-0.4, -0.2) is 0 Å². The third kappa shape index (κ3) is 4.20. The Morgan fingerprint density at radius 2 is 0.804 bits per heavy atom. The number of aryl methyl sites for hydroxylation is 5. The molecule has 0 saturated carbocycles. The lowest BCUT2D eigenvalue weighted by molar-refractivity contribution is 1.19. The molecule has 1 nitrogen and oxygen atoms in total. The van der Waals surface area contributed by atoms with Crippen LogP contribution in [0.15, 0.2) is 146 Å². The van der Waals surface area contributed by atoms with Gasteiger partial charge in [0.15, 0.2) is 0 Å². The molecule has 0 bridgehead atoms. The van der Waals surface area contributed by atoms with E-state index in [0.29, 0.717) is 0 Å². The second kappa shape index (κ2) is 11.2. The van der Waals surface area contributed by atoms with E-state index >= 15 is 0 Å². The predicted octanol–water partition coefficient (Wildman–Crippen LogP) is 15.8. The van der Waals surface area contributed by atoms with Gasteiger partial charge >= 0.3 is 0 Å². The van der Waals surface area contributed by atoms with Gasteiger partial charge in [0, 0.05) is 11.1 Å². The molecular formula is C55H39N. The van der Waals surface area contributed by atoms with Crippen molar-refractivity contribution < 1.29 is 0 Å². The van der Waals surface area contributed by atoms with E-state index in [9.17, 15) is 0 Å². The topological polar surface area (TPSA) is 3.24 Å². The van der Waals surface area contributed by atoms with Crippen LogP contribution in [0.4, 0.5) is 17.1 Å². The van der Waals surface area contributed by atoms with Crippen LogP contribution in [0.3, 0.4) is 0 Å². The maximum Gasteiger partial charge on any atom is 0.0547 e. The molecule has 0 heterocycles. The molecule has 0 amide bonds. The Labute approximate surface area is 327 Å². The van der Waals surface area contributed by atoms with E-state index in [1.807, 2.05) is 0 Å². The lowest BCUT2D eigenvalue weighted by Crippen LogP contribution is -2.15. The molecule has 264 valence electrons. The zero-order valence-corrected chi connectivity index (χ0v) is 32.3. The van der Waals surface area contributed by atoms with Gasteiger partial charge in [0.25, 0.3) is 0 Å². The Hall–Kier alpha value is -6.70. The third-order valence-electron chi connectivity index (χ3n) is 12.9. The third-order valence-corrected chi connectivity index (χ3v) is 12.9. The largest absolute Gasteiger partial charge is 0.309 e. The van der Waals surface area contributed by atoms with Gasteiger partial charge in [-0.15, -0.1) is 0 Å². The minimum absolute atomic E-state index is 1.21. The lowest BCUT2D eigenvalue weighted by atomic mass is 9.89. The summed E-state index contributed by atoms with van der Waals surface area (Å²) >= 11 is 0. The molecular weight excluding hydrogens is 675 g/mol. The van der Waals surface area contributed by atoms with Crippen molar-refractivity contribution in [1.29, 1.82) is 0 Å². The first-order valence-corrected chi connectivity index (χ1v) is 19.8. The van der Waals surface area contributed by atoms with Crippen molar-refractivity contribution in [2.75, 3.05) is 4.90 Å². The highest BCUT2D eigenvalue weighted by Crippen LogP contribution is 2.54. The molecule has 0 aliphatic heterocycles. The molecule has 2 aliphatic carbocycles. The number of hydrogen-bond acceptors (Lipinski definition) is 1. The molecule has 0 unspecified atom stereocenters. The van der Waals surface area contributed by atoms with Gasteiger partial charge in [-0.2, -0.15) is 0 Å². The fourth-order valence-corrected chi connectivity index (χ4v) is 10.6. The molecule has 10 aromatic rings. The Morgan fingerprint density at radius 3 is 1.38 bits per heavy atom. The average molecular weight is 714 g/mol. The van der Waals surface area contributed by atoms with Crippen molar-refractivity contribution in [3.05, 3.63) is 173 Å². The summed E-state index contributed by atoms with van der Waals surface area (Å²) in [5.74, 6) is 0. The van der Waals surface area contributed by atoms with Crippen LogP contribution in [0.25, 0.3) is 98.4 Å². The zero-order valence-electron chi connectivity index (χ0n) is 32.3. The molecule has 10 aromatic carbocycles. The van der Waals surface area contributed by atoms with Crippen LogP contribution < -0.4 is 4.90 Å². The van der Waals surface area contributed by atoms with Gasteiger partial charge in [-0.1, -0.05) is 120 Å². The summed E-state index contributed by atoms with van der Waals surface area (Å²) in [6, 6.07) is 55.9. The number of hydrogen-bond donors (Lipinski definition) is 0. The van der Waals surface area contributed by atoms with Gasteiger partial charge in [-0.25, -0.2) is 0 Å². The Morgan fingerprint density at radius 1 is 0.304 bits per heavy atom. The summed E-state index contributed by atoms with van der Waals surface area (Å²) in [6.45, 7) is 11.2. The summed E-state index contributed by atoms with van der Waals surface area (Å²) in [7, 11) is 0. The molecule has 0 N–H and O–H groups in total. The Kier molecular flexibility index (Phi) is 6.32. The van der Waals surface area contributed by atoms with E-state index in [4.69, 9.17) is 0 Å². The first-order chi connectivity index (χ1) is 27.3. The van der Waals surface area contributed by atoms with Crippen LogP contribution in [0.2, 0.25) is 0 Å². The highest BCUT2D eigenvalue weighted by Gasteiger charge is 2.28. The summed E-state index contributed by atoms with van der Waals surface area (Å²) < 4.78 is 0. The monoisotopic (exact) mass is 713 g/mol. The second-order valence-corrected chi connectivity index (χ2v) is 16.4. The Bertz CT molecular complexity index is 3380. The summed E-state index contributed by atoms with van der Waals surface area (Å²) in [6.07, 6.45) is 0. The molecule has 0 fully saturated rings. The molecule has 0 saturated heterocycles. The van der Waals surface area contributed by atoms with Gasteiger partial charge in [-0.05, 0) is 181 Å². The minimum atomic E-state index is 1.21. The fourth-order valence-electron chi connectivity index (χ4n) is 10.6. The van der Waals surface area contributed by atoms with E-state index in [2.05, 4.69) is 185 Å². The average Bonchev–Trinajstić information content (AvgIpc) is 3.68. The summed E-state index contributed by atoms with van der Waals surface area (Å²) in [4.78, 5) is 2.58. The van der Waals surface area contributed by atoms with Crippen LogP contribution in [-0.2, 0) is 0 Å². The van der Waals surface area contributed by atoms with Gasteiger partial charge in [0.2, 0.25) is 0 Å². The van der Waals surface area contributed by atoms with Crippen LogP contribution in [0.1, 0.15) is 27.8 Å². The van der Waals surface area contributed by atoms with Gasteiger partial charge in [0.1, 0.15) is 0 Å². The highest BCUT2D eigenvalue weighted by molar-refractivity contribution is 6.27. The van der Waals surface area contributed by atoms with E-state index in [0.717, 1.165) is 0 Å². The molecule has 0 spiro atoms.